The van der Waals surface area contributed by atoms with Crippen LogP contribution in [-0.2, 0) is 13.2 Å². The number of aliphatic hydroxyl groups excluding tert-OH is 1. The minimum Gasteiger partial charge on any atom is -0.493 e. The summed E-state index contributed by atoms with van der Waals surface area (Å²) in [4.78, 5) is 33.3. The van der Waals surface area contributed by atoms with Gasteiger partial charge < -0.3 is 24.6 Å². The maximum Gasteiger partial charge on any atom is 0.425 e. The number of hydrogen-bond acceptors (Lipinski definition) is 9. The van der Waals surface area contributed by atoms with Gasteiger partial charge in [0.25, 0.3) is 5.91 Å². The molecule has 0 bridgehead atoms. The highest BCUT2D eigenvalue weighted by Crippen LogP contribution is 2.34. The molecule has 0 spiro atoms. The number of anilines is 1. The van der Waals surface area contributed by atoms with E-state index in [0.717, 1.165) is 4.57 Å². The standard InChI is InChI=1S/C21H22F4N6O6/c1-5-30-15(9-32)29-31(20(30)34)17-12(22)6-11(19(28-17)37-10(2)21(23,24)25)18(33)27-16-13(35-3)7-26-8-14(16)36-4/h6-8,10,32H,5,9H2,1-4H3,(H,26,27,33). The summed E-state index contributed by atoms with van der Waals surface area (Å²) in [5.74, 6) is -4.25. The molecule has 0 aliphatic heterocycles. The molecule has 3 rings (SSSR count). The van der Waals surface area contributed by atoms with Gasteiger partial charge >= 0.3 is 11.9 Å². The number of carbonyl (C=O) groups excluding carboxylic acids is 1. The summed E-state index contributed by atoms with van der Waals surface area (Å²) in [6.45, 7) is 1.59. The van der Waals surface area contributed by atoms with E-state index >= 15 is 4.39 Å². The third-order valence-electron chi connectivity index (χ3n) is 5.07. The molecule has 0 saturated heterocycles. The Bertz CT molecular complexity index is 1330. The number of pyridine rings is 2. The molecule has 0 aliphatic rings. The van der Waals surface area contributed by atoms with Crippen LogP contribution in [0.25, 0.3) is 5.82 Å². The quantitative estimate of drug-likeness (QED) is 0.398. The molecule has 1 atom stereocenters. The fourth-order valence-electron chi connectivity index (χ4n) is 3.14. The van der Waals surface area contributed by atoms with Crippen LogP contribution in [0.2, 0.25) is 0 Å². The molecule has 0 aromatic carbocycles. The Labute approximate surface area is 206 Å². The fraction of sp³-hybridized carbons (Fsp3) is 0.381. The van der Waals surface area contributed by atoms with Gasteiger partial charge in [0.2, 0.25) is 5.88 Å². The number of carbonyl (C=O) groups is 1. The van der Waals surface area contributed by atoms with E-state index < -0.39 is 53.6 Å². The lowest BCUT2D eigenvalue weighted by Gasteiger charge is -2.20. The van der Waals surface area contributed by atoms with E-state index in [0.29, 0.717) is 17.7 Å². The van der Waals surface area contributed by atoms with Crippen LogP contribution in [0.3, 0.4) is 0 Å². The maximum atomic E-state index is 15.2. The first-order chi connectivity index (χ1) is 17.5. The monoisotopic (exact) mass is 530 g/mol. The molecule has 1 unspecified atom stereocenters. The van der Waals surface area contributed by atoms with Crippen molar-refractivity contribution in [3.63, 3.8) is 0 Å². The second-order valence-corrected chi connectivity index (χ2v) is 7.33. The summed E-state index contributed by atoms with van der Waals surface area (Å²) in [5.41, 5.74) is -1.70. The molecule has 3 aromatic heterocycles. The normalized spacial score (nSPS) is 12.2. The summed E-state index contributed by atoms with van der Waals surface area (Å²) in [7, 11) is 2.55. The smallest absolute Gasteiger partial charge is 0.425 e. The summed E-state index contributed by atoms with van der Waals surface area (Å²) < 4.78 is 71.5. The lowest BCUT2D eigenvalue weighted by molar-refractivity contribution is -0.190. The van der Waals surface area contributed by atoms with Crippen LogP contribution >= 0.6 is 0 Å². The van der Waals surface area contributed by atoms with Gasteiger partial charge in [0.05, 0.1) is 26.6 Å². The van der Waals surface area contributed by atoms with Crippen molar-refractivity contribution in [3.8, 4) is 23.2 Å². The third-order valence-corrected chi connectivity index (χ3v) is 5.07. The van der Waals surface area contributed by atoms with Crippen LogP contribution in [0.5, 0.6) is 17.4 Å². The second-order valence-electron chi connectivity index (χ2n) is 7.33. The van der Waals surface area contributed by atoms with Crippen molar-refractivity contribution in [1.82, 2.24) is 24.3 Å². The maximum absolute atomic E-state index is 15.2. The lowest BCUT2D eigenvalue weighted by Crippen LogP contribution is -2.33. The molecular formula is C21H22F4N6O6. The molecule has 37 heavy (non-hydrogen) atoms. The number of hydrogen-bond donors (Lipinski definition) is 2. The Kier molecular flexibility index (Phi) is 8.00. The number of aromatic nitrogens is 5. The van der Waals surface area contributed by atoms with Crippen molar-refractivity contribution >= 4 is 11.6 Å². The number of nitrogens with zero attached hydrogens (tertiary/aromatic N) is 5. The molecule has 2 N–H and O–H groups in total. The Hall–Kier alpha value is -4.21. The minimum absolute atomic E-state index is 0.0390. The molecule has 200 valence electrons. The Morgan fingerprint density at radius 1 is 1.22 bits per heavy atom. The number of nitrogens with one attached hydrogen (secondary N) is 1. The fourth-order valence-corrected chi connectivity index (χ4v) is 3.14. The zero-order valence-corrected chi connectivity index (χ0v) is 20.0. The van der Waals surface area contributed by atoms with Gasteiger partial charge in [-0.25, -0.2) is 9.18 Å². The van der Waals surface area contributed by atoms with Crippen molar-refractivity contribution in [3.05, 3.63) is 46.1 Å². The summed E-state index contributed by atoms with van der Waals surface area (Å²) in [5, 5.41) is 15.6. The predicted octanol–water partition coefficient (Wildman–Crippen LogP) is 2.07. The highest BCUT2D eigenvalue weighted by atomic mass is 19.4. The van der Waals surface area contributed by atoms with Gasteiger partial charge in [-0.1, -0.05) is 0 Å². The zero-order chi connectivity index (χ0) is 27.5. The van der Waals surface area contributed by atoms with Crippen molar-refractivity contribution < 1.29 is 41.7 Å². The molecule has 3 aromatic rings. The van der Waals surface area contributed by atoms with Crippen LogP contribution in [-0.4, -0.2) is 61.8 Å². The largest absolute Gasteiger partial charge is 0.493 e. The summed E-state index contributed by atoms with van der Waals surface area (Å²) in [6, 6.07) is 0.548. The van der Waals surface area contributed by atoms with E-state index in [1.54, 1.807) is 6.92 Å². The highest BCUT2D eigenvalue weighted by molar-refractivity contribution is 6.07. The molecule has 0 aliphatic carbocycles. The average molecular weight is 530 g/mol. The van der Waals surface area contributed by atoms with E-state index in [1.807, 2.05) is 0 Å². The number of rotatable bonds is 9. The van der Waals surface area contributed by atoms with Crippen molar-refractivity contribution in [2.75, 3.05) is 19.5 Å². The SMILES string of the molecule is CCn1c(CO)nn(-c2nc(OC(C)C(F)(F)F)c(C(=O)Nc3c(OC)cncc3OC)cc2F)c1=O. The van der Waals surface area contributed by atoms with Crippen molar-refractivity contribution in [1.29, 1.82) is 0 Å². The molecule has 3 heterocycles. The van der Waals surface area contributed by atoms with Crippen LogP contribution in [0.15, 0.2) is 23.3 Å². The Balaban J connectivity index is 2.17. The van der Waals surface area contributed by atoms with E-state index in [9.17, 15) is 27.9 Å². The van der Waals surface area contributed by atoms with E-state index in [1.165, 1.54) is 26.6 Å². The van der Waals surface area contributed by atoms with Gasteiger partial charge in [-0.05, 0) is 19.9 Å². The highest BCUT2D eigenvalue weighted by Gasteiger charge is 2.39. The van der Waals surface area contributed by atoms with Gasteiger partial charge in [-0.15, -0.1) is 5.10 Å². The topological polar surface area (TPSA) is 143 Å². The molecule has 0 fully saturated rings. The Morgan fingerprint density at radius 2 is 1.84 bits per heavy atom. The lowest BCUT2D eigenvalue weighted by atomic mass is 10.2. The predicted molar refractivity (Wildman–Crippen MR) is 119 cm³/mol. The van der Waals surface area contributed by atoms with Crippen LogP contribution < -0.4 is 25.2 Å². The molecular weight excluding hydrogens is 508 g/mol. The first kappa shape index (κ1) is 27.4. The second kappa shape index (κ2) is 10.8. The van der Waals surface area contributed by atoms with Gasteiger partial charge in [-0.3, -0.25) is 14.3 Å². The summed E-state index contributed by atoms with van der Waals surface area (Å²) >= 11 is 0. The van der Waals surface area contributed by atoms with Crippen molar-refractivity contribution in [2.45, 2.75) is 39.3 Å². The van der Waals surface area contributed by atoms with Gasteiger partial charge in [-0.2, -0.15) is 22.8 Å². The van der Waals surface area contributed by atoms with E-state index in [-0.39, 0.29) is 29.6 Å². The number of ether oxygens (including phenoxy) is 3. The van der Waals surface area contributed by atoms with E-state index in [4.69, 9.17) is 14.2 Å². The number of halogens is 4. The average Bonchev–Trinajstić information content (AvgIpc) is 3.19. The molecule has 16 heteroatoms. The van der Waals surface area contributed by atoms with Crippen LogP contribution in [0, 0.1) is 5.82 Å². The number of amides is 1. The number of methoxy groups -OCH3 is 2. The Morgan fingerprint density at radius 3 is 2.32 bits per heavy atom. The first-order valence-electron chi connectivity index (χ1n) is 10.6. The molecule has 12 nitrogen and oxygen atoms in total. The molecule has 0 saturated carbocycles. The van der Waals surface area contributed by atoms with Crippen LogP contribution in [0.4, 0.5) is 23.2 Å². The number of alkyl halides is 3. The van der Waals surface area contributed by atoms with Gasteiger partial charge in [0.15, 0.2) is 35.1 Å². The molecule has 1 amide bonds. The van der Waals surface area contributed by atoms with E-state index in [2.05, 4.69) is 20.4 Å². The zero-order valence-electron chi connectivity index (χ0n) is 20.0. The molecule has 0 radical (unpaired) electrons. The first-order valence-corrected chi connectivity index (χ1v) is 10.6. The third kappa shape index (κ3) is 5.47. The van der Waals surface area contributed by atoms with Crippen molar-refractivity contribution in [2.24, 2.45) is 0 Å². The van der Waals surface area contributed by atoms with Gasteiger partial charge in [0, 0.05) is 6.54 Å². The summed E-state index contributed by atoms with van der Waals surface area (Å²) in [6.07, 6.45) is -4.86. The number of aliphatic hydroxyl groups is 1. The van der Waals surface area contributed by atoms with Crippen LogP contribution in [0.1, 0.15) is 30.0 Å². The van der Waals surface area contributed by atoms with Gasteiger partial charge in [0.1, 0.15) is 17.9 Å². The minimum atomic E-state index is -4.87.